The van der Waals surface area contributed by atoms with Crippen LogP contribution in [0.1, 0.15) is 63.0 Å². The summed E-state index contributed by atoms with van der Waals surface area (Å²) < 4.78 is 29.7. The molecule has 0 radical (unpaired) electrons. The fourth-order valence-corrected chi connectivity index (χ4v) is 6.95. The fraction of sp³-hybridized carbons (Fsp3) is 0.294. The number of aromatic nitrogens is 1. The third kappa shape index (κ3) is 7.58. The number of carbonyl (C=O) groups excluding carboxylic acids is 1. The molecule has 3 aromatic carbocycles. The van der Waals surface area contributed by atoms with Gasteiger partial charge in [-0.05, 0) is 77.1 Å². The molecule has 5 nitrogen and oxygen atoms in total. The first kappa shape index (κ1) is 32.9. The number of carboxylic acids is 1. The first-order valence-corrected chi connectivity index (χ1v) is 14.2. The number of fused-ring (bicyclic) bond motifs is 1. The SMILES string of the molecule is CC1(C)CC(=CC(=O)Nc2c(C(=O)O)n(Cc3cccc(Cl)c3)c3cc(-c4cc(F)cc(F)c4)ccc23)CC(C)(C)C1.[NaH]. The molecule has 1 amide bonds. The van der Waals surface area contributed by atoms with Crippen molar-refractivity contribution in [1.29, 1.82) is 0 Å². The summed E-state index contributed by atoms with van der Waals surface area (Å²) in [5.41, 5.74) is 3.18. The van der Waals surface area contributed by atoms with E-state index >= 15 is 0 Å². The number of carbonyl (C=O) groups is 2. The van der Waals surface area contributed by atoms with Gasteiger partial charge in [0, 0.05) is 29.1 Å². The van der Waals surface area contributed by atoms with Crippen molar-refractivity contribution in [3.05, 3.63) is 100 Å². The second-order valence-corrected chi connectivity index (χ2v) is 13.2. The van der Waals surface area contributed by atoms with Gasteiger partial charge in [0.05, 0.1) is 11.2 Å². The Balaban J connectivity index is 0.00000423. The summed E-state index contributed by atoms with van der Waals surface area (Å²) in [5.74, 6) is -3.07. The fourth-order valence-electron chi connectivity index (χ4n) is 6.74. The molecular formula is C34H34ClF2N2NaO3. The second-order valence-electron chi connectivity index (χ2n) is 12.8. The topological polar surface area (TPSA) is 71.3 Å². The van der Waals surface area contributed by atoms with Gasteiger partial charge in [-0.1, -0.05) is 69.1 Å². The van der Waals surface area contributed by atoms with Gasteiger partial charge >= 0.3 is 35.5 Å². The molecule has 2 N–H and O–H groups in total. The maximum atomic E-state index is 14.0. The van der Waals surface area contributed by atoms with E-state index in [0.29, 0.717) is 27.1 Å². The minimum absolute atomic E-state index is 0. The van der Waals surface area contributed by atoms with Crippen LogP contribution in [0.3, 0.4) is 0 Å². The molecule has 5 rings (SSSR count). The number of benzene rings is 3. The van der Waals surface area contributed by atoms with Crippen LogP contribution in [0, 0.1) is 22.5 Å². The van der Waals surface area contributed by atoms with Crippen LogP contribution in [0.5, 0.6) is 0 Å². The van der Waals surface area contributed by atoms with E-state index in [1.165, 1.54) is 12.1 Å². The molecule has 1 fully saturated rings. The Morgan fingerprint density at radius 1 is 0.953 bits per heavy atom. The molecule has 1 heterocycles. The number of halogens is 3. The van der Waals surface area contributed by atoms with E-state index < -0.39 is 23.5 Å². The van der Waals surface area contributed by atoms with Gasteiger partial charge in [0.15, 0.2) is 5.69 Å². The zero-order valence-corrected chi connectivity index (χ0v) is 24.8. The molecule has 0 saturated heterocycles. The van der Waals surface area contributed by atoms with Crippen LogP contribution < -0.4 is 5.32 Å². The number of hydrogen-bond donors (Lipinski definition) is 2. The molecule has 1 saturated carbocycles. The van der Waals surface area contributed by atoms with E-state index in [9.17, 15) is 23.5 Å². The number of aromatic carboxylic acids is 1. The summed E-state index contributed by atoms with van der Waals surface area (Å²) in [4.78, 5) is 26.1. The summed E-state index contributed by atoms with van der Waals surface area (Å²) in [6.45, 7) is 8.89. The van der Waals surface area contributed by atoms with Crippen molar-refractivity contribution in [3.8, 4) is 11.1 Å². The van der Waals surface area contributed by atoms with Crippen LogP contribution in [-0.4, -0.2) is 51.1 Å². The van der Waals surface area contributed by atoms with Crippen LogP contribution in [-0.2, 0) is 11.3 Å². The van der Waals surface area contributed by atoms with Crippen LogP contribution in [0.4, 0.5) is 14.5 Å². The van der Waals surface area contributed by atoms with Crippen LogP contribution in [0.25, 0.3) is 22.0 Å². The van der Waals surface area contributed by atoms with Crippen LogP contribution in [0.2, 0.25) is 5.02 Å². The molecule has 1 aliphatic rings. The molecule has 4 aromatic rings. The molecule has 220 valence electrons. The Hall–Kier alpha value is -2.97. The van der Waals surface area contributed by atoms with Gasteiger partial charge < -0.3 is 15.0 Å². The van der Waals surface area contributed by atoms with Gasteiger partial charge in [-0.2, -0.15) is 0 Å². The standard InChI is InChI=1S/C34H33ClF2N2O3.Na.H/c1-33(2)16-21(17-34(3,4)19-33)11-29(40)38-30-27-9-8-22(23-12-25(36)15-26(37)13-23)14-28(27)39(31(30)32(41)42)18-20-6-5-7-24(35)10-20;;/h5-15H,16-19H2,1-4H3,(H,38,40)(H,41,42);;. The molecule has 9 heteroatoms. The third-order valence-corrected chi connectivity index (χ3v) is 7.88. The Labute approximate surface area is 277 Å². The average Bonchev–Trinajstić information content (AvgIpc) is 3.13. The first-order chi connectivity index (χ1) is 19.7. The van der Waals surface area contributed by atoms with Gasteiger partial charge in [0.1, 0.15) is 11.6 Å². The molecule has 0 atom stereocenters. The van der Waals surface area contributed by atoms with Crippen LogP contribution >= 0.6 is 11.6 Å². The van der Waals surface area contributed by atoms with E-state index in [2.05, 4.69) is 33.0 Å². The Morgan fingerprint density at radius 3 is 2.21 bits per heavy atom. The second kappa shape index (κ2) is 12.6. The van der Waals surface area contributed by atoms with Crippen molar-refractivity contribution >= 4 is 69.6 Å². The zero-order chi connectivity index (χ0) is 30.4. The molecule has 0 bridgehead atoms. The van der Waals surface area contributed by atoms with Gasteiger partial charge in [-0.3, -0.25) is 4.79 Å². The molecule has 0 unspecified atom stereocenters. The van der Waals surface area contributed by atoms with Gasteiger partial charge in [-0.15, -0.1) is 0 Å². The Kier molecular flexibility index (Phi) is 9.62. The van der Waals surface area contributed by atoms with Gasteiger partial charge in [0.2, 0.25) is 5.91 Å². The average molecular weight is 615 g/mol. The number of allylic oxidation sites excluding steroid dienone is 1. The van der Waals surface area contributed by atoms with Crippen molar-refractivity contribution in [2.75, 3.05) is 5.32 Å². The zero-order valence-electron chi connectivity index (χ0n) is 24.0. The monoisotopic (exact) mass is 614 g/mol. The van der Waals surface area contributed by atoms with Crippen molar-refractivity contribution in [3.63, 3.8) is 0 Å². The van der Waals surface area contributed by atoms with Gasteiger partial charge in [-0.25, -0.2) is 13.6 Å². The summed E-state index contributed by atoms with van der Waals surface area (Å²) in [6, 6.07) is 15.3. The van der Waals surface area contributed by atoms with Gasteiger partial charge in [0.25, 0.3) is 0 Å². The quantitative estimate of drug-likeness (QED) is 0.169. The van der Waals surface area contributed by atoms with Crippen molar-refractivity contribution in [2.24, 2.45) is 10.8 Å². The number of nitrogens with one attached hydrogen (secondary N) is 1. The predicted molar refractivity (Wildman–Crippen MR) is 170 cm³/mol. The van der Waals surface area contributed by atoms with E-state index in [-0.39, 0.29) is 58.3 Å². The Bertz CT molecular complexity index is 1720. The van der Waals surface area contributed by atoms with Crippen molar-refractivity contribution < 1.29 is 23.5 Å². The number of anilines is 1. The summed E-state index contributed by atoms with van der Waals surface area (Å²) in [6.07, 6.45) is 4.19. The van der Waals surface area contributed by atoms with E-state index in [4.69, 9.17) is 11.6 Å². The van der Waals surface area contributed by atoms with E-state index in [0.717, 1.165) is 36.5 Å². The van der Waals surface area contributed by atoms with Crippen LogP contribution in [0.15, 0.2) is 72.3 Å². The molecular weight excluding hydrogens is 581 g/mol. The number of amides is 1. The molecule has 0 aliphatic heterocycles. The van der Waals surface area contributed by atoms with Crippen molar-refractivity contribution in [2.45, 2.75) is 53.5 Å². The van der Waals surface area contributed by atoms with E-state index in [1.54, 1.807) is 47.0 Å². The number of carboxylic acid groups (broad SMARTS) is 1. The predicted octanol–water partition coefficient (Wildman–Crippen LogP) is 8.44. The minimum atomic E-state index is -1.23. The molecule has 1 aromatic heterocycles. The summed E-state index contributed by atoms with van der Waals surface area (Å²) >= 11 is 6.21. The van der Waals surface area contributed by atoms with E-state index in [1.807, 2.05) is 6.07 Å². The summed E-state index contributed by atoms with van der Waals surface area (Å²) in [5, 5.41) is 14.3. The molecule has 43 heavy (non-hydrogen) atoms. The maximum absolute atomic E-state index is 14.0. The molecule has 1 aliphatic carbocycles. The number of hydrogen-bond acceptors (Lipinski definition) is 2. The normalized spacial score (nSPS) is 15.6. The molecule has 0 spiro atoms. The third-order valence-electron chi connectivity index (χ3n) is 7.64. The first-order valence-electron chi connectivity index (χ1n) is 13.8. The number of rotatable bonds is 6. The number of nitrogens with zero attached hydrogens (tertiary/aromatic N) is 1. The van der Waals surface area contributed by atoms with Crippen molar-refractivity contribution in [1.82, 2.24) is 4.57 Å². The Morgan fingerprint density at radius 2 is 1.60 bits per heavy atom. The summed E-state index contributed by atoms with van der Waals surface area (Å²) in [7, 11) is 0.